The Kier molecular flexibility index (Phi) is 7.23. The topological polar surface area (TPSA) is 105 Å². The van der Waals surface area contributed by atoms with Crippen molar-refractivity contribution in [2.75, 3.05) is 6.61 Å². The van der Waals surface area contributed by atoms with Gasteiger partial charge in [0.15, 0.2) is 12.6 Å². The molecule has 0 radical (unpaired) electrons. The zero-order valence-corrected chi connectivity index (χ0v) is 22.7. The normalized spacial score (nSPS) is 35.8. The second-order valence-corrected chi connectivity index (χ2v) is 12.4. The number of Topliss-reactive ketones (excluding diaryl/α,β-unsaturated/α-hetero) is 1. The van der Waals surface area contributed by atoms with Gasteiger partial charge in [-0.3, -0.25) is 9.59 Å². The largest absolute Gasteiger partial charge is 0.479 e. The molecule has 0 spiro atoms. The third kappa shape index (κ3) is 4.69. The number of hydrogen-bond acceptors (Lipinski definition) is 5. The van der Waals surface area contributed by atoms with Crippen molar-refractivity contribution in [3.8, 4) is 0 Å². The van der Waals surface area contributed by atoms with Crippen molar-refractivity contribution in [1.82, 2.24) is 5.32 Å². The fourth-order valence-electron chi connectivity index (χ4n) is 8.62. The van der Waals surface area contributed by atoms with Gasteiger partial charge in [0.25, 0.3) is 5.91 Å². The van der Waals surface area contributed by atoms with Crippen LogP contribution in [-0.2, 0) is 19.2 Å². The number of nitrogens with zero attached hydrogens (tertiary/aromatic N) is 1. The van der Waals surface area contributed by atoms with Gasteiger partial charge in [0, 0.05) is 5.92 Å². The summed E-state index contributed by atoms with van der Waals surface area (Å²) < 4.78 is 0. The van der Waals surface area contributed by atoms with E-state index >= 15 is 0 Å². The Morgan fingerprint density at radius 2 is 1.82 bits per heavy atom. The molecule has 0 unspecified atom stereocenters. The number of carbonyl (C=O) groups excluding carboxylic acids is 2. The summed E-state index contributed by atoms with van der Waals surface area (Å²) in [5.41, 5.74) is 3.11. The van der Waals surface area contributed by atoms with Crippen molar-refractivity contribution >= 4 is 23.4 Å². The van der Waals surface area contributed by atoms with Gasteiger partial charge in [-0.25, -0.2) is 4.79 Å². The number of ketones is 1. The maximum atomic E-state index is 12.4. The molecular formula is C31H40N2O5. The molecule has 1 amide bonds. The molecule has 2 N–H and O–H groups in total. The van der Waals surface area contributed by atoms with Gasteiger partial charge in [-0.2, -0.15) is 0 Å². The maximum Gasteiger partial charge on any atom is 0.330 e. The molecule has 38 heavy (non-hydrogen) atoms. The van der Waals surface area contributed by atoms with E-state index in [0.29, 0.717) is 29.1 Å². The first-order valence-corrected chi connectivity index (χ1v) is 14.1. The summed E-state index contributed by atoms with van der Waals surface area (Å²) in [4.78, 5) is 41.8. The second kappa shape index (κ2) is 10.3. The Morgan fingerprint density at radius 1 is 1.05 bits per heavy atom. The van der Waals surface area contributed by atoms with Crippen LogP contribution in [0.15, 0.2) is 47.1 Å². The number of benzene rings is 1. The SMILES string of the molecule is CC(=O)[C@H]1CC[C@H]2[C@@H]3CCC4=CC(=NOCC(=O)N[C@@H](C(=O)O)c5ccccc5)CC[C@]4(C)[C@H]3CC[C@]12C. The predicted octanol–water partition coefficient (Wildman–Crippen LogP) is 5.47. The number of aliphatic carboxylic acids is 1. The number of oxime groups is 1. The molecule has 204 valence electrons. The van der Waals surface area contributed by atoms with E-state index < -0.39 is 17.9 Å². The zero-order chi connectivity index (χ0) is 27.1. The van der Waals surface area contributed by atoms with Gasteiger partial charge in [-0.1, -0.05) is 54.9 Å². The number of carbonyl (C=O) groups is 3. The molecule has 3 saturated carbocycles. The zero-order valence-electron chi connectivity index (χ0n) is 22.7. The summed E-state index contributed by atoms with van der Waals surface area (Å²) in [6.45, 7) is 6.27. The average molecular weight is 521 g/mol. The first-order chi connectivity index (χ1) is 18.1. The Morgan fingerprint density at radius 3 is 2.53 bits per heavy atom. The summed E-state index contributed by atoms with van der Waals surface area (Å²) in [6, 6.07) is 7.47. The molecule has 0 bridgehead atoms. The number of allylic oxidation sites excluding steroid dienone is 2. The molecule has 1 aromatic rings. The highest BCUT2D eigenvalue weighted by Gasteiger charge is 2.59. The van der Waals surface area contributed by atoms with Crippen LogP contribution in [0.2, 0.25) is 0 Å². The molecule has 1 aromatic carbocycles. The van der Waals surface area contributed by atoms with Crippen LogP contribution in [-0.4, -0.2) is 35.1 Å². The average Bonchev–Trinajstić information content (AvgIpc) is 3.25. The Balaban J connectivity index is 1.22. The lowest BCUT2D eigenvalue weighted by Gasteiger charge is -2.58. The summed E-state index contributed by atoms with van der Waals surface area (Å²) >= 11 is 0. The highest BCUT2D eigenvalue weighted by atomic mass is 16.6. The third-order valence-electron chi connectivity index (χ3n) is 10.5. The standard InChI is InChI=1S/C31H40N2O5/c1-19(34)24-11-12-25-23-10-9-21-17-22(13-15-30(21,2)26(23)14-16-31(24,25)3)33-38-18-27(35)32-28(29(36)37)20-7-5-4-6-8-20/h4-8,17,23-26,28H,9-16,18H2,1-3H3,(H,32,35)(H,36,37)/t23-,24+,25-,26-,28+,30-,31+/m0/s1. The molecule has 0 aromatic heterocycles. The molecule has 7 heteroatoms. The molecule has 0 saturated heterocycles. The van der Waals surface area contributed by atoms with Gasteiger partial charge in [0.05, 0.1) is 5.71 Å². The van der Waals surface area contributed by atoms with Crippen molar-refractivity contribution in [3.63, 3.8) is 0 Å². The number of amides is 1. The van der Waals surface area contributed by atoms with Gasteiger partial charge in [0.1, 0.15) is 5.78 Å². The predicted molar refractivity (Wildman–Crippen MR) is 144 cm³/mol. The van der Waals surface area contributed by atoms with Crippen LogP contribution in [0.25, 0.3) is 0 Å². The lowest BCUT2D eigenvalue weighted by Crippen LogP contribution is -2.51. The van der Waals surface area contributed by atoms with Crippen molar-refractivity contribution in [1.29, 1.82) is 0 Å². The number of nitrogens with one attached hydrogen (secondary N) is 1. The van der Waals surface area contributed by atoms with Crippen LogP contribution >= 0.6 is 0 Å². The lowest BCUT2D eigenvalue weighted by molar-refractivity contribution is -0.142. The molecule has 0 aliphatic heterocycles. The minimum Gasteiger partial charge on any atom is -0.479 e. The number of rotatable bonds is 7. The number of carboxylic acids is 1. The highest BCUT2D eigenvalue weighted by molar-refractivity contribution is 5.96. The van der Waals surface area contributed by atoms with Crippen molar-refractivity contribution in [2.24, 2.45) is 39.7 Å². The number of hydrogen-bond donors (Lipinski definition) is 2. The quantitative estimate of drug-likeness (QED) is 0.464. The molecule has 7 atom stereocenters. The van der Waals surface area contributed by atoms with Gasteiger partial charge in [0.2, 0.25) is 0 Å². The van der Waals surface area contributed by atoms with E-state index in [1.807, 2.05) is 0 Å². The summed E-state index contributed by atoms with van der Waals surface area (Å²) in [5.74, 6) is 0.940. The van der Waals surface area contributed by atoms with Crippen LogP contribution in [0.1, 0.15) is 83.7 Å². The fourth-order valence-corrected chi connectivity index (χ4v) is 8.62. The Labute approximate surface area is 225 Å². The Hall–Kier alpha value is -2.96. The van der Waals surface area contributed by atoms with Gasteiger partial charge >= 0.3 is 5.97 Å². The molecule has 3 fully saturated rings. The monoisotopic (exact) mass is 520 g/mol. The van der Waals surface area contributed by atoms with E-state index in [9.17, 15) is 19.5 Å². The van der Waals surface area contributed by atoms with Crippen LogP contribution in [0.3, 0.4) is 0 Å². The van der Waals surface area contributed by atoms with Crippen molar-refractivity contribution in [3.05, 3.63) is 47.5 Å². The van der Waals surface area contributed by atoms with Crippen LogP contribution in [0.5, 0.6) is 0 Å². The van der Waals surface area contributed by atoms with Crippen molar-refractivity contribution in [2.45, 2.75) is 78.2 Å². The minimum atomic E-state index is -1.13. The second-order valence-electron chi connectivity index (χ2n) is 12.4. The molecule has 5 rings (SSSR count). The van der Waals surface area contributed by atoms with E-state index in [0.717, 1.165) is 37.8 Å². The van der Waals surface area contributed by atoms with Crippen LogP contribution < -0.4 is 5.32 Å². The van der Waals surface area contributed by atoms with Gasteiger partial charge in [-0.15, -0.1) is 0 Å². The number of carboxylic acid groups (broad SMARTS) is 1. The van der Waals surface area contributed by atoms with Gasteiger partial charge < -0.3 is 15.3 Å². The fraction of sp³-hybridized carbons (Fsp3) is 0.613. The molecule has 4 aliphatic rings. The van der Waals surface area contributed by atoms with E-state index in [1.165, 1.54) is 24.8 Å². The highest BCUT2D eigenvalue weighted by Crippen LogP contribution is 2.66. The molecule has 4 aliphatic carbocycles. The van der Waals surface area contributed by atoms with Crippen LogP contribution in [0.4, 0.5) is 0 Å². The minimum absolute atomic E-state index is 0.152. The summed E-state index contributed by atoms with van der Waals surface area (Å²) in [6.07, 6.45) is 10.8. The lowest BCUT2D eigenvalue weighted by atomic mass is 9.46. The first kappa shape index (κ1) is 26.6. The summed E-state index contributed by atoms with van der Waals surface area (Å²) in [5, 5.41) is 16.3. The number of fused-ring (bicyclic) bond motifs is 5. The molecule has 7 nitrogen and oxygen atoms in total. The smallest absolute Gasteiger partial charge is 0.330 e. The van der Waals surface area contributed by atoms with E-state index in [-0.39, 0.29) is 23.4 Å². The molecular weight excluding hydrogens is 480 g/mol. The van der Waals surface area contributed by atoms with Gasteiger partial charge in [-0.05, 0) is 98.5 Å². The third-order valence-corrected chi connectivity index (χ3v) is 10.5. The van der Waals surface area contributed by atoms with E-state index in [1.54, 1.807) is 37.3 Å². The van der Waals surface area contributed by atoms with Crippen molar-refractivity contribution < 1.29 is 24.3 Å². The molecule has 0 heterocycles. The van der Waals surface area contributed by atoms with Crippen LogP contribution in [0, 0.1) is 34.5 Å². The summed E-state index contributed by atoms with van der Waals surface area (Å²) in [7, 11) is 0. The van der Waals surface area contributed by atoms with E-state index in [4.69, 9.17) is 4.84 Å². The Bertz CT molecular complexity index is 1160. The van der Waals surface area contributed by atoms with E-state index in [2.05, 4.69) is 30.4 Å². The first-order valence-electron chi connectivity index (χ1n) is 14.1. The maximum absolute atomic E-state index is 12.4.